The molecule has 0 radical (unpaired) electrons. The second-order valence-electron chi connectivity index (χ2n) is 4.19. The van der Waals surface area contributed by atoms with E-state index in [0.29, 0.717) is 14.9 Å². The van der Waals surface area contributed by atoms with Crippen LogP contribution in [0.15, 0.2) is 34.9 Å². The van der Waals surface area contributed by atoms with Crippen molar-refractivity contribution in [1.29, 1.82) is 0 Å². The summed E-state index contributed by atoms with van der Waals surface area (Å²) in [6.45, 7) is 0.659. The molecule has 2 aromatic heterocycles. The summed E-state index contributed by atoms with van der Waals surface area (Å²) < 4.78 is 22.0. The zero-order valence-corrected chi connectivity index (χ0v) is 12.8. The molecule has 0 fully saturated rings. The number of rotatable bonds is 3. The molecule has 3 aromatic rings. The lowest BCUT2D eigenvalue weighted by Gasteiger charge is -2.03. The number of hydrogen-bond acceptors (Lipinski definition) is 2. The Morgan fingerprint density at radius 2 is 2.26 bits per heavy atom. The maximum absolute atomic E-state index is 13.7. The summed E-state index contributed by atoms with van der Waals surface area (Å²) in [6, 6.07) is 7.06. The molecule has 98 valence electrons. The Labute approximate surface area is 127 Å². The fourth-order valence-electron chi connectivity index (χ4n) is 2.05. The number of furan rings is 1. The number of nitrogens with one attached hydrogen (secondary N) is 1. The summed E-state index contributed by atoms with van der Waals surface area (Å²) in [6.07, 6.45) is 2.37. The van der Waals surface area contributed by atoms with Crippen molar-refractivity contribution >= 4 is 45.8 Å². The van der Waals surface area contributed by atoms with Crippen LogP contribution < -0.4 is 0 Å². The first kappa shape index (κ1) is 12.9. The van der Waals surface area contributed by atoms with Crippen LogP contribution in [0.4, 0.5) is 4.39 Å². The molecule has 19 heavy (non-hydrogen) atoms. The minimum atomic E-state index is -0.228. The van der Waals surface area contributed by atoms with Crippen LogP contribution in [0.1, 0.15) is 5.76 Å². The van der Waals surface area contributed by atoms with Crippen molar-refractivity contribution in [1.82, 2.24) is 9.55 Å². The first-order chi connectivity index (χ1) is 9.15. The van der Waals surface area contributed by atoms with Gasteiger partial charge < -0.3 is 14.0 Å². The minimum absolute atomic E-state index is 0.228. The Morgan fingerprint density at radius 3 is 3.00 bits per heavy atom. The molecule has 3 rings (SSSR count). The van der Waals surface area contributed by atoms with Crippen LogP contribution in [-0.4, -0.2) is 9.55 Å². The third-order valence-electron chi connectivity index (χ3n) is 2.98. The van der Waals surface area contributed by atoms with Crippen LogP contribution in [0.3, 0.4) is 0 Å². The zero-order chi connectivity index (χ0) is 13.4. The van der Waals surface area contributed by atoms with Crippen LogP contribution in [0.2, 0.25) is 0 Å². The average Bonchev–Trinajstić information content (AvgIpc) is 2.96. The van der Waals surface area contributed by atoms with Gasteiger partial charge in [-0.1, -0.05) is 0 Å². The molecule has 0 aliphatic rings. The summed E-state index contributed by atoms with van der Waals surface area (Å²) in [5.41, 5.74) is 1.64. The number of nitrogens with zero attached hydrogens (tertiary/aromatic N) is 1. The second kappa shape index (κ2) is 5.09. The van der Waals surface area contributed by atoms with Gasteiger partial charge in [-0.2, -0.15) is 0 Å². The van der Waals surface area contributed by atoms with E-state index in [9.17, 15) is 4.39 Å². The van der Waals surface area contributed by atoms with Crippen molar-refractivity contribution in [2.45, 2.75) is 13.0 Å². The minimum Gasteiger partial charge on any atom is -0.469 e. The molecule has 0 saturated heterocycles. The van der Waals surface area contributed by atoms with Crippen molar-refractivity contribution in [2.75, 3.05) is 0 Å². The molecule has 0 aliphatic heterocycles. The molecule has 0 atom stereocenters. The Kier molecular flexibility index (Phi) is 3.44. The lowest BCUT2D eigenvalue weighted by Crippen LogP contribution is -2.01. The Morgan fingerprint density at radius 1 is 1.42 bits per heavy atom. The summed E-state index contributed by atoms with van der Waals surface area (Å²) in [7, 11) is 0. The average molecular weight is 388 g/mol. The molecule has 0 saturated carbocycles. The van der Waals surface area contributed by atoms with Gasteiger partial charge in [0, 0.05) is 19.0 Å². The summed E-state index contributed by atoms with van der Waals surface area (Å²) >= 11 is 7.26. The molecule has 3 nitrogen and oxygen atoms in total. The topological polar surface area (TPSA) is 33.9 Å². The molecule has 1 aromatic carbocycles. The first-order valence-electron chi connectivity index (χ1n) is 5.75. The number of aromatic nitrogens is 2. The van der Waals surface area contributed by atoms with Gasteiger partial charge in [-0.25, -0.2) is 4.39 Å². The Balaban J connectivity index is 2.00. The summed E-state index contributed by atoms with van der Waals surface area (Å²) in [5, 5.41) is 0. The SMILES string of the molecule is Fc1cc2c(cc1I)[nH]c(=S)n2CCc1ccco1. The van der Waals surface area contributed by atoms with Crippen LogP contribution in [0, 0.1) is 14.2 Å². The molecule has 0 aliphatic carbocycles. The molecule has 2 heterocycles. The predicted octanol–water partition coefficient (Wildman–Crippen LogP) is 4.28. The largest absolute Gasteiger partial charge is 0.469 e. The third-order valence-corrected chi connectivity index (χ3v) is 4.13. The molecule has 0 unspecified atom stereocenters. The zero-order valence-electron chi connectivity index (χ0n) is 9.82. The van der Waals surface area contributed by atoms with Crippen molar-refractivity contribution in [3.05, 3.63) is 50.4 Å². The maximum atomic E-state index is 13.7. The normalized spacial score (nSPS) is 11.3. The van der Waals surface area contributed by atoms with E-state index in [1.54, 1.807) is 12.3 Å². The van der Waals surface area contributed by atoms with Crippen molar-refractivity contribution in [3.63, 3.8) is 0 Å². The monoisotopic (exact) mass is 388 g/mol. The highest BCUT2D eigenvalue weighted by Crippen LogP contribution is 2.21. The van der Waals surface area contributed by atoms with Crippen LogP contribution in [0.25, 0.3) is 11.0 Å². The number of hydrogen-bond donors (Lipinski definition) is 1. The van der Waals surface area contributed by atoms with Crippen molar-refractivity contribution < 1.29 is 8.81 Å². The first-order valence-corrected chi connectivity index (χ1v) is 7.24. The van der Waals surface area contributed by atoms with E-state index < -0.39 is 0 Å². The third kappa shape index (κ3) is 2.46. The number of aromatic amines is 1. The second-order valence-corrected chi connectivity index (χ2v) is 5.74. The summed E-state index contributed by atoms with van der Waals surface area (Å²) in [5.74, 6) is 0.663. The molecule has 0 amide bonds. The molecule has 6 heteroatoms. The number of fused-ring (bicyclic) bond motifs is 1. The number of halogens is 2. The van der Waals surface area contributed by atoms with Gasteiger partial charge in [0.2, 0.25) is 0 Å². The molecular weight excluding hydrogens is 378 g/mol. The van der Waals surface area contributed by atoms with Gasteiger partial charge in [0.25, 0.3) is 0 Å². The van der Waals surface area contributed by atoms with E-state index in [1.807, 2.05) is 39.3 Å². The van der Waals surface area contributed by atoms with Crippen molar-refractivity contribution in [2.24, 2.45) is 0 Å². The molecule has 0 spiro atoms. The standard InChI is InChI=1S/C13H10FIN2OS/c14-9-6-12-11(7-10(9)15)16-13(19)17(12)4-3-8-2-1-5-18-8/h1-2,5-7H,3-4H2,(H,16,19). The Hall–Kier alpha value is -1.15. The quantitative estimate of drug-likeness (QED) is 0.537. The van der Waals surface area contributed by atoms with Gasteiger partial charge in [-0.3, -0.25) is 0 Å². The number of H-pyrrole nitrogens is 1. The van der Waals surface area contributed by atoms with Gasteiger partial charge in [0.1, 0.15) is 11.6 Å². The van der Waals surface area contributed by atoms with Gasteiger partial charge in [0.15, 0.2) is 4.77 Å². The molecular formula is C13H10FIN2OS. The van der Waals surface area contributed by atoms with E-state index >= 15 is 0 Å². The maximum Gasteiger partial charge on any atom is 0.178 e. The fraction of sp³-hybridized carbons (Fsp3) is 0.154. The number of imidazole rings is 1. The van der Waals surface area contributed by atoms with E-state index in [0.717, 1.165) is 23.2 Å². The van der Waals surface area contributed by atoms with Crippen LogP contribution in [0.5, 0.6) is 0 Å². The van der Waals surface area contributed by atoms with Crippen molar-refractivity contribution in [3.8, 4) is 0 Å². The van der Waals surface area contributed by atoms with Crippen LogP contribution >= 0.6 is 34.8 Å². The highest BCUT2D eigenvalue weighted by Gasteiger charge is 2.09. The highest BCUT2D eigenvalue weighted by atomic mass is 127. The van der Waals surface area contributed by atoms with E-state index in [2.05, 4.69) is 4.98 Å². The molecule has 1 N–H and O–H groups in total. The lowest BCUT2D eigenvalue weighted by atomic mass is 10.3. The van der Waals surface area contributed by atoms with E-state index in [4.69, 9.17) is 16.6 Å². The van der Waals surface area contributed by atoms with Crippen LogP contribution in [-0.2, 0) is 13.0 Å². The number of aryl methyl sites for hydroxylation is 2. The highest BCUT2D eigenvalue weighted by molar-refractivity contribution is 14.1. The predicted molar refractivity (Wildman–Crippen MR) is 82.2 cm³/mol. The van der Waals surface area contributed by atoms with E-state index in [-0.39, 0.29) is 5.82 Å². The lowest BCUT2D eigenvalue weighted by molar-refractivity contribution is 0.492. The smallest absolute Gasteiger partial charge is 0.178 e. The number of benzene rings is 1. The Bertz CT molecular complexity index is 776. The van der Waals surface area contributed by atoms with Gasteiger partial charge >= 0.3 is 0 Å². The van der Waals surface area contributed by atoms with E-state index in [1.165, 1.54) is 6.07 Å². The summed E-state index contributed by atoms with van der Waals surface area (Å²) in [4.78, 5) is 3.10. The van der Waals surface area contributed by atoms with Gasteiger partial charge in [-0.15, -0.1) is 0 Å². The fourth-order valence-corrected chi connectivity index (χ4v) is 2.82. The van der Waals surface area contributed by atoms with Gasteiger partial charge in [0.05, 0.1) is 20.9 Å². The molecule has 0 bridgehead atoms. The van der Waals surface area contributed by atoms with Gasteiger partial charge in [-0.05, 0) is 53.0 Å².